The number of carbonyl (C=O) groups is 2. The number of allylic oxidation sites excluding steroid dienone is 2. The molecule has 0 heterocycles. The maximum absolute atomic E-state index is 11.4. The Balaban J connectivity index is 1.98. The Kier molecular flexibility index (Phi) is 4.73. The Morgan fingerprint density at radius 2 is 1.58 bits per heavy atom. The fourth-order valence-corrected chi connectivity index (χ4v) is 5.07. The molecule has 2 aliphatic rings. The second-order valence-corrected chi connectivity index (χ2v) is 8.76. The minimum Gasteiger partial charge on any atom is -0.481 e. The first-order valence-corrected chi connectivity index (χ1v) is 8.72. The summed E-state index contributed by atoms with van der Waals surface area (Å²) in [4.78, 5) is 22.8. The van der Waals surface area contributed by atoms with Crippen molar-refractivity contribution in [2.24, 2.45) is 40.4 Å². The van der Waals surface area contributed by atoms with Gasteiger partial charge in [-0.05, 0) is 47.8 Å². The number of carboxylic acid groups (broad SMARTS) is 2. The average molecular weight is 334 g/mol. The molecule has 0 saturated heterocycles. The normalized spacial score (nSPS) is 33.3. The predicted octanol–water partition coefficient (Wildman–Crippen LogP) is 4.23. The molecule has 2 aliphatic carbocycles. The molecule has 134 valence electrons. The highest BCUT2D eigenvalue weighted by molar-refractivity contribution is 5.76. The van der Waals surface area contributed by atoms with Crippen LogP contribution in [0.1, 0.15) is 47.0 Å². The lowest BCUT2D eigenvalue weighted by Gasteiger charge is -2.18. The maximum Gasteiger partial charge on any atom is 0.307 e. The fourth-order valence-electron chi connectivity index (χ4n) is 5.07. The molecule has 4 heteroatoms. The number of hydrogen-bond donors (Lipinski definition) is 2. The highest BCUT2D eigenvalue weighted by Gasteiger charge is 2.65. The zero-order valence-corrected chi connectivity index (χ0v) is 15.2. The molecule has 4 nitrogen and oxygen atoms in total. The molecule has 0 aromatic carbocycles. The molecule has 0 amide bonds. The zero-order valence-electron chi connectivity index (χ0n) is 15.2. The van der Waals surface area contributed by atoms with E-state index in [1.807, 2.05) is 33.8 Å². The Hall–Kier alpha value is -1.58. The molecular weight excluding hydrogens is 304 g/mol. The van der Waals surface area contributed by atoms with E-state index in [4.69, 9.17) is 0 Å². The van der Waals surface area contributed by atoms with Crippen LogP contribution in [-0.4, -0.2) is 22.2 Å². The quantitative estimate of drug-likeness (QED) is 0.619. The lowest BCUT2D eigenvalue weighted by Crippen LogP contribution is -2.09. The van der Waals surface area contributed by atoms with Gasteiger partial charge >= 0.3 is 11.9 Å². The second kappa shape index (κ2) is 6.05. The molecule has 0 aromatic heterocycles. The summed E-state index contributed by atoms with van der Waals surface area (Å²) in [6.07, 6.45) is 4.26. The van der Waals surface area contributed by atoms with E-state index in [-0.39, 0.29) is 40.4 Å². The first kappa shape index (κ1) is 18.8. The van der Waals surface area contributed by atoms with Gasteiger partial charge in [-0.3, -0.25) is 9.59 Å². The van der Waals surface area contributed by atoms with Crippen LogP contribution in [0, 0.1) is 40.4 Å². The summed E-state index contributed by atoms with van der Waals surface area (Å²) in [6.45, 7) is 16.0. The molecule has 0 radical (unpaired) electrons. The van der Waals surface area contributed by atoms with Crippen molar-refractivity contribution in [3.05, 3.63) is 24.8 Å². The van der Waals surface area contributed by atoms with Crippen molar-refractivity contribution in [2.45, 2.75) is 47.0 Å². The summed E-state index contributed by atoms with van der Waals surface area (Å²) in [5.41, 5.74) is 0.592. The number of hydrogen-bond acceptors (Lipinski definition) is 2. The van der Waals surface area contributed by atoms with E-state index in [0.717, 1.165) is 24.8 Å². The molecule has 2 N–H and O–H groups in total. The van der Waals surface area contributed by atoms with Crippen molar-refractivity contribution < 1.29 is 19.8 Å². The molecule has 1 unspecified atom stereocenters. The van der Waals surface area contributed by atoms with Crippen molar-refractivity contribution in [3.63, 3.8) is 0 Å². The molecule has 0 spiro atoms. The summed E-state index contributed by atoms with van der Waals surface area (Å²) in [7, 11) is 0. The Bertz CT molecular complexity index is 572. The van der Waals surface area contributed by atoms with Crippen LogP contribution in [0.2, 0.25) is 0 Å². The van der Waals surface area contributed by atoms with Crippen molar-refractivity contribution in [2.75, 3.05) is 0 Å². The van der Waals surface area contributed by atoms with Crippen LogP contribution < -0.4 is 0 Å². The number of carboxylic acids is 2. The van der Waals surface area contributed by atoms with Gasteiger partial charge < -0.3 is 10.2 Å². The van der Waals surface area contributed by atoms with Gasteiger partial charge in [-0.25, -0.2) is 0 Å². The topological polar surface area (TPSA) is 74.6 Å². The highest BCUT2D eigenvalue weighted by atomic mass is 16.4. The van der Waals surface area contributed by atoms with Crippen LogP contribution in [0.5, 0.6) is 0 Å². The van der Waals surface area contributed by atoms with Gasteiger partial charge in [-0.15, -0.1) is 6.58 Å². The third-order valence-corrected chi connectivity index (χ3v) is 6.52. The zero-order chi connectivity index (χ0) is 18.4. The van der Waals surface area contributed by atoms with Crippen LogP contribution in [0.3, 0.4) is 0 Å². The molecular formula is C20H30O4. The summed E-state index contributed by atoms with van der Waals surface area (Å²) in [5, 5.41) is 18.7. The number of aliphatic carboxylic acids is 2. The van der Waals surface area contributed by atoms with E-state index < -0.39 is 11.9 Å². The van der Waals surface area contributed by atoms with Crippen LogP contribution in [-0.2, 0) is 9.59 Å². The van der Waals surface area contributed by atoms with Crippen LogP contribution >= 0.6 is 0 Å². The molecule has 0 aliphatic heterocycles. The largest absolute Gasteiger partial charge is 0.481 e. The minimum atomic E-state index is -0.747. The SMILES string of the molecule is C=CCC(CCC(=C)[C@H]1[C@@H](C(=O)O)C1(C)C)[C@H]1[C@@H](C(=O)O)C1(C)C. The average Bonchev–Trinajstić information content (AvgIpc) is 3.23. The van der Waals surface area contributed by atoms with E-state index in [2.05, 4.69) is 13.2 Å². The van der Waals surface area contributed by atoms with Gasteiger partial charge in [0, 0.05) is 0 Å². The summed E-state index contributed by atoms with van der Waals surface area (Å²) < 4.78 is 0. The highest BCUT2D eigenvalue weighted by Crippen LogP contribution is 2.65. The molecule has 5 atom stereocenters. The van der Waals surface area contributed by atoms with Gasteiger partial charge in [0.05, 0.1) is 11.8 Å². The van der Waals surface area contributed by atoms with Crippen LogP contribution in [0.4, 0.5) is 0 Å². The van der Waals surface area contributed by atoms with Gasteiger partial charge in [0.15, 0.2) is 0 Å². The van der Waals surface area contributed by atoms with Crippen molar-refractivity contribution in [1.29, 1.82) is 0 Å². The second-order valence-electron chi connectivity index (χ2n) is 8.76. The lowest BCUT2D eigenvalue weighted by molar-refractivity contribution is -0.140. The standard InChI is InChI=1S/C20H30O4/c1-7-8-12(14-16(18(23)24)20(14,5)6)10-9-11(2)13-15(17(21)22)19(13,3)4/h7,12-16H,1-2,8-10H2,3-6H3,(H,21,22)(H,23,24)/t12?,13-,14-,15-,16-/m0/s1. The Labute approximate surface area is 144 Å². The Morgan fingerprint density at radius 3 is 1.96 bits per heavy atom. The van der Waals surface area contributed by atoms with E-state index in [1.165, 1.54) is 0 Å². The van der Waals surface area contributed by atoms with Crippen molar-refractivity contribution in [3.8, 4) is 0 Å². The number of rotatable bonds is 9. The van der Waals surface area contributed by atoms with Crippen LogP contribution in [0.25, 0.3) is 0 Å². The molecule has 24 heavy (non-hydrogen) atoms. The van der Waals surface area contributed by atoms with E-state index in [1.54, 1.807) is 0 Å². The summed E-state index contributed by atoms with van der Waals surface area (Å²) in [5.74, 6) is -1.65. The Morgan fingerprint density at radius 1 is 1.04 bits per heavy atom. The van der Waals surface area contributed by atoms with Crippen molar-refractivity contribution in [1.82, 2.24) is 0 Å². The van der Waals surface area contributed by atoms with Gasteiger partial charge in [-0.2, -0.15) is 0 Å². The third kappa shape index (κ3) is 3.03. The van der Waals surface area contributed by atoms with Gasteiger partial charge in [-0.1, -0.05) is 45.9 Å². The van der Waals surface area contributed by atoms with Gasteiger partial charge in [0.2, 0.25) is 0 Å². The molecule has 2 fully saturated rings. The summed E-state index contributed by atoms with van der Waals surface area (Å²) in [6, 6.07) is 0. The monoisotopic (exact) mass is 334 g/mol. The molecule has 2 rings (SSSR count). The van der Waals surface area contributed by atoms with Crippen LogP contribution in [0.15, 0.2) is 24.8 Å². The third-order valence-electron chi connectivity index (χ3n) is 6.52. The van der Waals surface area contributed by atoms with Gasteiger partial charge in [0.1, 0.15) is 0 Å². The predicted molar refractivity (Wildman–Crippen MR) is 93.5 cm³/mol. The summed E-state index contributed by atoms with van der Waals surface area (Å²) >= 11 is 0. The van der Waals surface area contributed by atoms with E-state index in [9.17, 15) is 19.8 Å². The molecule has 0 aromatic rings. The maximum atomic E-state index is 11.4. The lowest BCUT2D eigenvalue weighted by atomic mass is 9.87. The van der Waals surface area contributed by atoms with Crippen molar-refractivity contribution >= 4 is 11.9 Å². The smallest absolute Gasteiger partial charge is 0.307 e. The fraction of sp³-hybridized carbons (Fsp3) is 0.700. The first-order chi connectivity index (χ1) is 11.0. The van der Waals surface area contributed by atoms with E-state index >= 15 is 0 Å². The van der Waals surface area contributed by atoms with E-state index in [0.29, 0.717) is 0 Å². The molecule has 0 bridgehead atoms. The minimum absolute atomic E-state index is 0.0295. The first-order valence-electron chi connectivity index (χ1n) is 8.72. The van der Waals surface area contributed by atoms with Gasteiger partial charge in [0.25, 0.3) is 0 Å². The molecule has 2 saturated carbocycles.